The van der Waals surface area contributed by atoms with Crippen LogP contribution in [0.15, 0.2) is 62.2 Å². The summed E-state index contributed by atoms with van der Waals surface area (Å²) in [6.07, 6.45) is 0.735. The number of hydrogen-bond acceptors (Lipinski definition) is 6. The Morgan fingerprint density at radius 2 is 1.96 bits per heavy atom. The van der Waals surface area contributed by atoms with Crippen molar-refractivity contribution in [2.75, 3.05) is 19.7 Å². The Morgan fingerprint density at radius 1 is 1.14 bits per heavy atom. The van der Waals surface area contributed by atoms with Gasteiger partial charge >= 0.3 is 0 Å². The van der Waals surface area contributed by atoms with Crippen molar-refractivity contribution in [2.45, 2.75) is 23.9 Å². The van der Waals surface area contributed by atoms with Crippen molar-refractivity contribution in [2.24, 2.45) is 14.6 Å². The van der Waals surface area contributed by atoms with Crippen LogP contribution in [0, 0.1) is 5.92 Å². The third kappa shape index (κ3) is 4.08. The van der Waals surface area contributed by atoms with Gasteiger partial charge in [-0.3, -0.25) is 4.90 Å². The van der Waals surface area contributed by atoms with Crippen molar-refractivity contribution >= 4 is 32.8 Å². The number of piperidine rings is 1. The standard InChI is InChI=1S/C19H22N4O3S2/c24-13-15-9-10-23(11-14-5-2-1-3-6-14)12-17(15)22-28(25,26)18-8-4-7-16-19(18)21-27-20-16/h1-8,15,17,22,24H,9-13H2/t15-,17-/m1/s1. The molecule has 2 aromatic carbocycles. The molecule has 0 saturated carbocycles. The van der Waals surface area contributed by atoms with Crippen molar-refractivity contribution < 1.29 is 13.5 Å². The van der Waals surface area contributed by atoms with Crippen LogP contribution in [0.4, 0.5) is 11.4 Å². The molecule has 4 rings (SSSR count). The molecule has 28 heavy (non-hydrogen) atoms. The normalized spacial score (nSPS) is 22.0. The molecule has 0 unspecified atom stereocenters. The van der Waals surface area contributed by atoms with Crippen LogP contribution in [0.5, 0.6) is 0 Å². The zero-order valence-electron chi connectivity index (χ0n) is 15.2. The number of benzene rings is 2. The second-order valence-electron chi connectivity index (χ2n) is 7.07. The molecule has 0 radical (unpaired) electrons. The molecule has 1 saturated heterocycles. The summed E-state index contributed by atoms with van der Waals surface area (Å²) in [6.45, 7) is 2.08. The zero-order chi connectivity index (χ0) is 19.6. The largest absolute Gasteiger partial charge is 0.396 e. The maximum Gasteiger partial charge on any atom is 0.243 e. The molecular weight excluding hydrogens is 396 g/mol. The first kappa shape index (κ1) is 19.4. The predicted molar refractivity (Wildman–Crippen MR) is 109 cm³/mol. The van der Waals surface area contributed by atoms with Gasteiger partial charge in [0.05, 0.1) is 11.4 Å². The number of hydrogen-bond donors (Lipinski definition) is 2. The van der Waals surface area contributed by atoms with Gasteiger partial charge in [-0.25, -0.2) is 13.1 Å². The van der Waals surface area contributed by atoms with Crippen molar-refractivity contribution in [1.29, 1.82) is 0 Å². The monoisotopic (exact) mass is 418 g/mol. The molecule has 9 heteroatoms. The summed E-state index contributed by atoms with van der Waals surface area (Å²) in [5.41, 5.74) is 2.14. The molecule has 148 valence electrons. The van der Waals surface area contributed by atoms with E-state index >= 15 is 0 Å². The lowest BCUT2D eigenvalue weighted by atomic mass is 9.93. The molecule has 2 N–H and O–H groups in total. The van der Waals surface area contributed by atoms with E-state index in [1.165, 1.54) is 5.56 Å². The van der Waals surface area contributed by atoms with Gasteiger partial charge in [0.15, 0.2) is 0 Å². The van der Waals surface area contributed by atoms with Crippen LogP contribution in [-0.2, 0) is 27.9 Å². The van der Waals surface area contributed by atoms with Crippen LogP contribution in [0.2, 0.25) is 0 Å². The Kier molecular flexibility index (Phi) is 5.70. The number of aliphatic hydroxyl groups is 1. The smallest absolute Gasteiger partial charge is 0.243 e. The van der Waals surface area contributed by atoms with Crippen LogP contribution in [-0.4, -0.2) is 44.2 Å². The van der Waals surface area contributed by atoms with Crippen molar-refractivity contribution in [3.63, 3.8) is 0 Å². The number of aliphatic hydroxyl groups excluding tert-OH is 1. The highest BCUT2D eigenvalue weighted by Gasteiger charge is 2.33. The molecule has 0 spiro atoms. The first-order valence-corrected chi connectivity index (χ1v) is 11.4. The van der Waals surface area contributed by atoms with Gasteiger partial charge in [0.25, 0.3) is 0 Å². The van der Waals surface area contributed by atoms with Crippen LogP contribution in [0.1, 0.15) is 12.0 Å². The van der Waals surface area contributed by atoms with E-state index in [-0.39, 0.29) is 23.5 Å². The summed E-state index contributed by atoms with van der Waals surface area (Å²) in [4.78, 5) is 2.36. The molecule has 2 atom stereocenters. The molecule has 7 nitrogen and oxygen atoms in total. The van der Waals surface area contributed by atoms with Crippen LogP contribution in [0.25, 0.3) is 0 Å². The van der Waals surface area contributed by atoms with E-state index in [2.05, 4.69) is 30.5 Å². The number of sulfonamides is 1. The second-order valence-corrected chi connectivity index (χ2v) is 9.28. The average molecular weight is 419 g/mol. The predicted octanol–water partition coefficient (Wildman–Crippen LogP) is 2.57. The number of likely N-dealkylation sites (tertiary alicyclic amines) is 1. The first-order chi connectivity index (χ1) is 13.6. The van der Waals surface area contributed by atoms with Crippen molar-refractivity contribution in [3.05, 3.63) is 54.1 Å². The molecular formula is C19H22N4O3S2. The minimum absolute atomic E-state index is 0.0468. The van der Waals surface area contributed by atoms with E-state index < -0.39 is 10.0 Å². The molecule has 0 amide bonds. The number of fused-ring (bicyclic) bond motifs is 1. The summed E-state index contributed by atoms with van der Waals surface area (Å²) >= 11 is 0.995. The summed E-state index contributed by atoms with van der Waals surface area (Å²) in [5, 5.41) is 9.77. The number of nitrogens with one attached hydrogen (secondary N) is 1. The van der Waals surface area contributed by atoms with Crippen molar-refractivity contribution in [3.8, 4) is 0 Å². The highest BCUT2D eigenvalue weighted by atomic mass is 32.2. The van der Waals surface area contributed by atoms with Gasteiger partial charge in [0, 0.05) is 31.7 Å². The number of rotatable bonds is 6. The Morgan fingerprint density at radius 3 is 2.75 bits per heavy atom. The molecule has 2 aromatic rings. The van der Waals surface area contributed by atoms with Crippen LogP contribution < -0.4 is 4.72 Å². The topological polar surface area (TPSA) is 94.4 Å². The molecule has 2 aliphatic heterocycles. The molecule has 2 aliphatic rings. The van der Waals surface area contributed by atoms with Gasteiger partial charge < -0.3 is 5.11 Å². The lowest BCUT2D eigenvalue weighted by molar-refractivity contribution is 0.101. The third-order valence-electron chi connectivity index (χ3n) is 5.17. The van der Waals surface area contributed by atoms with Gasteiger partial charge in [-0.05, 0) is 30.7 Å². The Balaban J connectivity index is 1.53. The van der Waals surface area contributed by atoms with Gasteiger partial charge in [0.1, 0.15) is 16.3 Å². The zero-order valence-corrected chi connectivity index (χ0v) is 16.9. The van der Waals surface area contributed by atoms with Gasteiger partial charge in [-0.1, -0.05) is 36.4 Å². The lowest BCUT2D eigenvalue weighted by Crippen LogP contribution is -2.53. The minimum atomic E-state index is -3.78. The SMILES string of the molecule is O=S(=O)(N[C@@H]1CN(Cc2ccccc2)CC[C@@H]1CO)c1cccc2c1N=S=N2. The lowest BCUT2D eigenvalue weighted by Gasteiger charge is -2.38. The average Bonchev–Trinajstić information content (AvgIpc) is 3.17. The fraction of sp³-hybridized carbons (Fsp3) is 0.368. The Bertz CT molecular complexity index is 1020. The fourth-order valence-corrected chi connectivity index (χ4v) is 5.73. The quantitative estimate of drug-likeness (QED) is 0.643. The Labute approximate surface area is 168 Å². The molecule has 2 heterocycles. The third-order valence-corrected chi connectivity index (χ3v) is 7.23. The second kappa shape index (κ2) is 8.22. The molecule has 1 fully saturated rings. The first-order valence-electron chi connectivity index (χ1n) is 9.17. The minimum Gasteiger partial charge on any atom is -0.396 e. The van der Waals surface area contributed by atoms with Crippen molar-refractivity contribution in [1.82, 2.24) is 9.62 Å². The molecule has 0 bridgehead atoms. The van der Waals surface area contributed by atoms with Crippen LogP contribution in [0.3, 0.4) is 0 Å². The van der Waals surface area contributed by atoms with E-state index in [0.717, 1.165) is 30.9 Å². The van der Waals surface area contributed by atoms with E-state index in [0.29, 0.717) is 17.9 Å². The highest BCUT2D eigenvalue weighted by molar-refractivity contribution is 7.89. The van der Waals surface area contributed by atoms with Gasteiger partial charge in [-0.2, -0.15) is 8.73 Å². The molecule has 0 aliphatic carbocycles. The molecule has 0 aromatic heterocycles. The fourth-order valence-electron chi connectivity index (χ4n) is 3.67. The van der Waals surface area contributed by atoms with E-state index in [9.17, 15) is 13.5 Å². The summed E-state index contributed by atoms with van der Waals surface area (Å²) in [5.74, 6) is -0.116. The van der Waals surface area contributed by atoms with Gasteiger partial charge in [0.2, 0.25) is 10.0 Å². The maximum atomic E-state index is 13.1. The summed E-state index contributed by atoms with van der Waals surface area (Å²) in [7, 11) is -3.78. The van der Waals surface area contributed by atoms with E-state index in [4.69, 9.17) is 0 Å². The van der Waals surface area contributed by atoms with Gasteiger partial charge in [-0.15, -0.1) is 0 Å². The maximum absolute atomic E-state index is 13.1. The van der Waals surface area contributed by atoms with E-state index in [1.54, 1.807) is 18.2 Å². The number of nitrogens with zero attached hydrogens (tertiary/aromatic N) is 3. The van der Waals surface area contributed by atoms with Crippen LogP contribution >= 0.6 is 0 Å². The Hall–Kier alpha value is -1.91. The summed E-state index contributed by atoms with van der Waals surface area (Å²) in [6, 6.07) is 14.7. The summed E-state index contributed by atoms with van der Waals surface area (Å²) < 4.78 is 37.2. The van der Waals surface area contributed by atoms with E-state index in [1.807, 2.05) is 18.2 Å². The highest BCUT2D eigenvalue weighted by Crippen LogP contribution is 2.37.